The summed E-state index contributed by atoms with van der Waals surface area (Å²) in [6, 6.07) is 14.5. The van der Waals surface area contributed by atoms with Gasteiger partial charge in [-0.05, 0) is 36.2 Å². The van der Waals surface area contributed by atoms with Gasteiger partial charge in [0.05, 0.1) is 31.2 Å². The van der Waals surface area contributed by atoms with Crippen molar-refractivity contribution in [2.45, 2.75) is 12.8 Å². The number of fused-ring (bicyclic) bond motifs is 1. The highest BCUT2D eigenvalue weighted by molar-refractivity contribution is 7.92. The van der Waals surface area contributed by atoms with Crippen LogP contribution in [0.2, 0.25) is 0 Å². The van der Waals surface area contributed by atoms with E-state index in [1.807, 2.05) is 30.3 Å². The van der Waals surface area contributed by atoms with Gasteiger partial charge >= 0.3 is 0 Å². The van der Waals surface area contributed by atoms with Gasteiger partial charge in [-0.25, -0.2) is 8.42 Å². The van der Waals surface area contributed by atoms with Crippen LogP contribution in [0.5, 0.6) is 5.75 Å². The zero-order valence-electron chi connectivity index (χ0n) is 14.9. The van der Waals surface area contributed by atoms with Gasteiger partial charge < -0.3 is 9.64 Å². The monoisotopic (exact) mass is 374 g/mol. The number of methoxy groups -OCH3 is 1. The molecule has 0 radical (unpaired) electrons. The van der Waals surface area contributed by atoms with Crippen LogP contribution >= 0.6 is 0 Å². The van der Waals surface area contributed by atoms with E-state index in [2.05, 4.69) is 0 Å². The molecular weight excluding hydrogens is 352 g/mol. The lowest BCUT2D eigenvalue weighted by atomic mass is 10.1. The summed E-state index contributed by atoms with van der Waals surface area (Å²) >= 11 is 0. The lowest BCUT2D eigenvalue weighted by molar-refractivity contribution is -0.118. The standard InChI is InChI=1S/C19H22N2O4S/c1-25-16-8-5-7-15(13-16)14-19(22)20-11-6-12-21(26(2,23)24)18-10-4-3-9-17(18)20/h3-5,7-10,13H,6,11-12,14H2,1-2H3. The van der Waals surface area contributed by atoms with E-state index < -0.39 is 10.0 Å². The number of anilines is 2. The lowest BCUT2D eigenvalue weighted by Gasteiger charge is -2.25. The van der Waals surface area contributed by atoms with Crippen LogP contribution < -0.4 is 13.9 Å². The Hall–Kier alpha value is -2.54. The molecule has 0 N–H and O–H groups in total. The number of rotatable bonds is 4. The SMILES string of the molecule is COc1cccc(CC(=O)N2CCCN(S(C)(=O)=O)c3ccccc32)c1. The molecule has 26 heavy (non-hydrogen) atoms. The summed E-state index contributed by atoms with van der Waals surface area (Å²) in [5, 5.41) is 0. The van der Waals surface area contributed by atoms with E-state index in [0.717, 1.165) is 5.56 Å². The van der Waals surface area contributed by atoms with Crippen molar-refractivity contribution in [1.29, 1.82) is 0 Å². The fraction of sp³-hybridized carbons (Fsp3) is 0.316. The second-order valence-electron chi connectivity index (χ2n) is 6.25. The largest absolute Gasteiger partial charge is 0.497 e. The average molecular weight is 374 g/mol. The quantitative estimate of drug-likeness (QED) is 0.824. The Bertz CT molecular complexity index is 911. The number of carbonyl (C=O) groups is 1. The number of benzene rings is 2. The maximum absolute atomic E-state index is 13.0. The lowest BCUT2D eigenvalue weighted by Crippen LogP contribution is -2.32. The summed E-state index contributed by atoms with van der Waals surface area (Å²) in [6.45, 7) is 0.838. The highest BCUT2D eigenvalue weighted by atomic mass is 32.2. The Labute approximate surface area is 154 Å². The Morgan fingerprint density at radius 1 is 1.08 bits per heavy atom. The van der Waals surface area contributed by atoms with Crippen molar-refractivity contribution >= 4 is 27.3 Å². The normalized spacial score (nSPS) is 14.5. The first kappa shape index (κ1) is 18.3. The molecule has 1 heterocycles. The van der Waals surface area contributed by atoms with E-state index in [-0.39, 0.29) is 12.3 Å². The van der Waals surface area contributed by atoms with Crippen molar-refractivity contribution in [3.8, 4) is 5.75 Å². The number of para-hydroxylation sites is 2. The first-order chi connectivity index (χ1) is 12.4. The molecule has 2 aromatic carbocycles. The zero-order valence-corrected chi connectivity index (χ0v) is 15.7. The molecule has 2 aromatic rings. The Morgan fingerprint density at radius 3 is 2.50 bits per heavy atom. The summed E-state index contributed by atoms with van der Waals surface area (Å²) in [5.74, 6) is 0.635. The van der Waals surface area contributed by atoms with Crippen LogP contribution in [0.3, 0.4) is 0 Å². The van der Waals surface area contributed by atoms with Gasteiger partial charge in [0.15, 0.2) is 0 Å². The van der Waals surface area contributed by atoms with Crippen LogP contribution in [0.4, 0.5) is 11.4 Å². The predicted molar refractivity (Wildman–Crippen MR) is 102 cm³/mol. The van der Waals surface area contributed by atoms with E-state index in [0.29, 0.717) is 36.6 Å². The smallest absolute Gasteiger partial charge is 0.232 e. The molecule has 1 aliphatic rings. The highest BCUT2D eigenvalue weighted by Crippen LogP contribution is 2.34. The number of hydrogen-bond acceptors (Lipinski definition) is 4. The summed E-state index contributed by atoms with van der Waals surface area (Å²) in [7, 11) is -1.81. The number of hydrogen-bond donors (Lipinski definition) is 0. The fourth-order valence-electron chi connectivity index (χ4n) is 3.17. The van der Waals surface area contributed by atoms with Crippen molar-refractivity contribution in [3.63, 3.8) is 0 Å². The molecule has 0 aromatic heterocycles. The molecule has 0 aliphatic carbocycles. The Kier molecular flexibility index (Phi) is 5.18. The van der Waals surface area contributed by atoms with Crippen LogP contribution in [0.15, 0.2) is 48.5 Å². The summed E-state index contributed by atoms with van der Waals surface area (Å²) in [5.41, 5.74) is 2.03. The van der Waals surface area contributed by atoms with Gasteiger partial charge in [0, 0.05) is 13.1 Å². The molecule has 0 unspecified atom stereocenters. The topological polar surface area (TPSA) is 66.9 Å². The molecular formula is C19H22N2O4S. The fourth-order valence-corrected chi connectivity index (χ4v) is 4.15. The summed E-state index contributed by atoms with van der Waals surface area (Å²) in [4.78, 5) is 14.6. The minimum absolute atomic E-state index is 0.0685. The molecule has 7 heteroatoms. The van der Waals surface area contributed by atoms with E-state index in [1.54, 1.807) is 30.2 Å². The molecule has 0 bridgehead atoms. The number of sulfonamides is 1. The minimum Gasteiger partial charge on any atom is -0.497 e. The molecule has 0 fully saturated rings. The van der Waals surface area contributed by atoms with E-state index in [1.165, 1.54) is 10.6 Å². The van der Waals surface area contributed by atoms with Gasteiger partial charge in [-0.1, -0.05) is 24.3 Å². The van der Waals surface area contributed by atoms with Crippen LogP contribution in [-0.4, -0.2) is 40.8 Å². The second kappa shape index (κ2) is 7.37. The highest BCUT2D eigenvalue weighted by Gasteiger charge is 2.28. The van der Waals surface area contributed by atoms with Crippen LogP contribution in [0.25, 0.3) is 0 Å². The number of carbonyl (C=O) groups excluding carboxylic acids is 1. The third kappa shape index (κ3) is 3.83. The van der Waals surface area contributed by atoms with Crippen molar-refractivity contribution < 1.29 is 17.9 Å². The van der Waals surface area contributed by atoms with Crippen molar-refractivity contribution in [2.75, 3.05) is 35.7 Å². The van der Waals surface area contributed by atoms with E-state index >= 15 is 0 Å². The molecule has 0 saturated heterocycles. The van der Waals surface area contributed by atoms with Crippen LogP contribution in [0, 0.1) is 0 Å². The van der Waals surface area contributed by atoms with Gasteiger partial charge in [-0.2, -0.15) is 0 Å². The molecule has 6 nitrogen and oxygen atoms in total. The maximum Gasteiger partial charge on any atom is 0.232 e. The van der Waals surface area contributed by atoms with E-state index in [4.69, 9.17) is 4.74 Å². The van der Waals surface area contributed by atoms with Crippen LogP contribution in [0.1, 0.15) is 12.0 Å². The first-order valence-electron chi connectivity index (χ1n) is 8.40. The molecule has 1 aliphatic heterocycles. The van der Waals surface area contributed by atoms with Gasteiger partial charge in [0.1, 0.15) is 5.75 Å². The zero-order chi connectivity index (χ0) is 18.7. The third-order valence-electron chi connectivity index (χ3n) is 4.38. The molecule has 0 atom stereocenters. The van der Waals surface area contributed by atoms with Gasteiger partial charge in [-0.3, -0.25) is 9.10 Å². The molecule has 0 saturated carbocycles. The second-order valence-corrected chi connectivity index (χ2v) is 8.16. The molecule has 138 valence electrons. The van der Waals surface area contributed by atoms with Crippen molar-refractivity contribution in [2.24, 2.45) is 0 Å². The maximum atomic E-state index is 13.0. The van der Waals surface area contributed by atoms with Gasteiger partial charge in [-0.15, -0.1) is 0 Å². The van der Waals surface area contributed by atoms with Crippen LogP contribution in [-0.2, 0) is 21.2 Å². The Morgan fingerprint density at radius 2 is 1.81 bits per heavy atom. The molecule has 0 spiro atoms. The number of amides is 1. The van der Waals surface area contributed by atoms with E-state index in [9.17, 15) is 13.2 Å². The predicted octanol–water partition coefficient (Wildman–Crippen LogP) is 2.44. The number of ether oxygens (including phenoxy) is 1. The van der Waals surface area contributed by atoms with Gasteiger partial charge in [0.25, 0.3) is 0 Å². The Balaban J connectivity index is 1.92. The molecule has 1 amide bonds. The van der Waals surface area contributed by atoms with Crippen molar-refractivity contribution in [1.82, 2.24) is 0 Å². The summed E-state index contributed by atoms with van der Waals surface area (Å²) < 4.78 is 30.9. The number of nitrogens with zero attached hydrogens (tertiary/aromatic N) is 2. The minimum atomic E-state index is -3.40. The third-order valence-corrected chi connectivity index (χ3v) is 5.55. The van der Waals surface area contributed by atoms with Crippen molar-refractivity contribution in [3.05, 3.63) is 54.1 Å². The first-order valence-corrected chi connectivity index (χ1v) is 10.2. The van der Waals surface area contributed by atoms with Gasteiger partial charge in [0.2, 0.25) is 15.9 Å². The molecule has 3 rings (SSSR count). The average Bonchev–Trinajstić information content (AvgIpc) is 2.81. The summed E-state index contributed by atoms with van der Waals surface area (Å²) in [6.07, 6.45) is 1.99.